The summed E-state index contributed by atoms with van der Waals surface area (Å²) in [6.45, 7) is 0. The molecule has 0 radical (unpaired) electrons. The summed E-state index contributed by atoms with van der Waals surface area (Å²) in [6, 6.07) is 5.91. The average molecular weight is 237 g/mol. The van der Waals surface area contributed by atoms with E-state index < -0.39 is 5.97 Å². The van der Waals surface area contributed by atoms with Gasteiger partial charge in [-0.2, -0.15) is 0 Å². The van der Waals surface area contributed by atoms with Crippen LogP contribution in [0, 0.1) is 0 Å². The first-order valence-corrected chi connectivity index (χ1v) is 5.00. The normalized spacial score (nSPS) is 10.4. The molecular weight excluding hydrogens is 226 g/mol. The fourth-order valence-corrected chi connectivity index (χ4v) is 1.32. The van der Waals surface area contributed by atoms with E-state index in [1.54, 1.807) is 12.1 Å². The van der Waals surface area contributed by atoms with E-state index in [2.05, 4.69) is 0 Å². The van der Waals surface area contributed by atoms with Gasteiger partial charge in [-0.1, -0.05) is 0 Å². The first-order chi connectivity index (χ1) is 8.16. The van der Waals surface area contributed by atoms with Gasteiger partial charge in [0.05, 0.1) is 12.7 Å². The molecule has 0 amide bonds. The Balaban J connectivity index is 1.89. The molecule has 0 fully saturated rings. The van der Waals surface area contributed by atoms with E-state index in [4.69, 9.17) is 9.25 Å². The Kier molecular flexibility index (Phi) is 3.04. The molecule has 6 nitrogen and oxygen atoms in total. The summed E-state index contributed by atoms with van der Waals surface area (Å²) in [7, 11) is 0. The molecule has 0 spiro atoms. The fraction of sp³-hybridized carbons (Fsp3) is 0.182. The molecule has 2 N–H and O–H groups in total. The van der Waals surface area contributed by atoms with Crippen LogP contribution in [0.15, 0.2) is 34.9 Å². The van der Waals surface area contributed by atoms with E-state index >= 15 is 0 Å². The Morgan fingerprint density at radius 2 is 2.00 bits per heavy atom. The molecule has 2 rings (SSSR count). The minimum absolute atomic E-state index is 0.0879. The van der Waals surface area contributed by atoms with Gasteiger partial charge in [-0.3, -0.25) is 0 Å². The number of hydrogen-bond acceptors (Lipinski definition) is 5. The zero-order valence-corrected chi connectivity index (χ0v) is 8.87. The summed E-state index contributed by atoms with van der Waals surface area (Å²) in [5, 5.41) is 18.5. The lowest BCUT2D eigenvalue weighted by Crippen LogP contribution is -2.19. The van der Waals surface area contributed by atoms with Crippen LogP contribution in [0.2, 0.25) is 0 Å². The molecule has 0 aliphatic rings. The molecule has 0 unspecified atom stereocenters. The molecule has 0 atom stereocenters. The summed E-state index contributed by atoms with van der Waals surface area (Å²) in [5.74, 6) is -0.589. The molecule has 0 aliphatic heterocycles. The number of rotatable bonds is 4. The van der Waals surface area contributed by atoms with Gasteiger partial charge >= 0.3 is 5.97 Å². The van der Waals surface area contributed by atoms with Gasteiger partial charge in [-0.25, -0.2) is 4.79 Å². The summed E-state index contributed by atoms with van der Waals surface area (Å²) in [6.07, 6.45) is 2.00. The number of furan rings is 1. The fourth-order valence-electron chi connectivity index (χ4n) is 1.32. The Morgan fingerprint density at radius 3 is 2.59 bits per heavy atom. The third kappa shape index (κ3) is 2.60. The van der Waals surface area contributed by atoms with Crippen LogP contribution in [0.5, 0.6) is 11.8 Å². The van der Waals surface area contributed by atoms with Crippen LogP contribution in [0.3, 0.4) is 0 Å². The van der Waals surface area contributed by atoms with Crippen molar-refractivity contribution in [3.63, 3.8) is 0 Å². The average Bonchev–Trinajstić information content (AvgIpc) is 2.91. The molecule has 90 valence electrons. The van der Waals surface area contributed by atoms with E-state index in [1.165, 1.54) is 18.4 Å². The van der Waals surface area contributed by atoms with Crippen LogP contribution in [-0.4, -0.2) is 20.9 Å². The number of aromatic hydroxyl groups is 2. The molecule has 0 saturated carbocycles. The standard InChI is InChI=1S/C11H11NO5/c13-9-4-5-10(14)12(9)17-11(15)6-3-8-2-1-7-16-8/h1-2,4-5,7,13-14H,3,6H2. The predicted molar refractivity (Wildman–Crippen MR) is 56.4 cm³/mol. The van der Waals surface area contributed by atoms with Crippen molar-refractivity contribution in [3.05, 3.63) is 36.3 Å². The molecule has 2 aromatic heterocycles. The van der Waals surface area contributed by atoms with Crippen molar-refractivity contribution in [1.29, 1.82) is 0 Å². The zero-order chi connectivity index (χ0) is 12.3. The maximum Gasteiger partial charge on any atom is 0.333 e. The number of hydrogen-bond donors (Lipinski definition) is 2. The van der Waals surface area contributed by atoms with E-state index in [-0.39, 0.29) is 18.2 Å². The maximum atomic E-state index is 11.4. The van der Waals surface area contributed by atoms with Gasteiger partial charge in [-0.15, -0.1) is 4.73 Å². The van der Waals surface area contributed by atoms with Gasteiger partial charge in [0, 0.05) is 18.6 Å². The van der Waals surface area contributed by atoms with Gasteiger partial charge < -0.3 is 19.5 Å². The Morgan fingerprint density at radius 1 is 1.29 bits per heavy atom. The monoisotopic (exact) mass is 237 g/mol. The quantitative estimate of drug-likeness (QED) is 0.831. The first kappa shape index (κ1) is 11.1. The highest BCUT2D eigenvalue weighted by Gasteiger charge is 2.12. The number of aryl methyl sites for hydroxylation is 1. The highest BCUT2D eigenvalue weighted by Crippen LogP contribution is 2.18. The molecule has 0 bridgehead atoms. The zero-order valence-electron chi connectivity index (χ0n) is 8.87. The maximum absolute atomic E-state index is 11.4. The van der Waals surface area contributed by atoms with Crippen molar-refractivity contribution in [2.45, 2.75) is 12.8 Å². The summed E-state index contributed by atoms with van der Waals surface area (Å²) in [5.41, 5.74) is 0. The van der Waals surface area contributed by atoms with Crippen molar-refractivity contribution in [1.82, 2.24) is 4.73 Å². The number of carbonyl (C=O) groups excluding carboxylic acids is 1. The van der Waals surface area contributed by atoms with Crippen LogP contribution < -0.4 is 4.84 Å². The van der Waals surface area contributed by atoms with Crippen molar-refractivity contribution in [3.8, 4) is 11.8 Å². The minimum atomic E-state index is -0.580. The second kappa shape index (κ2) is 4.65. The number of aromatic nitrogens is 1. The molecule has 2 heterocycles. The predicted octanol–water partition coefficient (Wildman–Crippen LogP) is 1.08. The van der Waals surface area contributed by atoms with E-state index in [0.717, 1.165) is 0 Å². The third-order valence-electron chi connectivity index (χ3n) is 2.15. The van der Waals surface area contributed by atoms with Gasteiger partial charge in [-0.05, 0) is 12.1 Å². The summed E-state index contributed by atoms with van der Waals surface area (Å²) < 4.78 is 5.71. The molecule has 0 aliphatic carbocycles. The molecule has 2 aromatic rings. The van der Waals surface area contributed by atoms with E-state index in [1.807, 2.05) is 0 Å². The highest BCUT2D eigenvalue weighted by atomic mass is 16.7. The lowest BCUT2D eigenvalue weighted by atomic mass is 10.2. The molecular formula is C11H11NO5. The molecule has 0 aromatic carbocycles. The van der Waals surface area contributed by atoms with Crippen LogP contribution in [0.1, 0.15) is 12.2 Å². The lowest BCUT2D eigenvalue weighted by molar-refractivity contribution is -0.145. The molecule has 0 saturated heterocycles. The van der Waals surface area contributed by atoms with Crippen LogP contribution in [-0.2, 0) is 11.2 Å². The molecule has 6 heteroatoms. The highest BCUT2D eigenvalue weighted by molar-refractivity contribution is 5.70. The summed E-state index contributed by atoms with van der Waals surface area (Å²) >= 11 is 0. The first-order valence-electron chi connectivity index (χ1n) is 5.00. The Hall–Kier alpha value is -2.37. The largest absolute Gasteiger partial charge is 0.492 e. The summed E-state index contributed by atoms with van der Waals surface area (Å²) in [4.78, 5) is 16.2. The van der Waals surface area contributed by atoms with Crippen molar-refractivity contribution >= 4 is 5.97 Å². The second-order valence-corrected chi connectivity index (χ2v) is 3.39. The smallest absolute Gasteiger partial charge is 0.333 e. The van der Waals surface area contributed by atoms with Gasteiger partial charge in [0.2, 0.25) is 11.8 Å². The SMILES string of the molecule is O=C(CCc1ccco1)On1c(O)ccc1O. The minimum Gasteiger partial charge on any atom is -0.492 e. The lowest BCUT2D eigenvalue weighted by Gasteiger charge is -2.05. The second-order valence-electron chi connectivity index (χ2n) is 3.39. The molecule has 17 heavy (non-hydrogen) atoms. The Labute approximate surface area is 96.6 Å². The van der Waals surface area contributed by atoms with Gasteiger partial charge in [0.25, 0.3) is 0 Å². The third-order valence-corrected chi connectivity index (χ3v) is 2.15. The topological polar surface area (TPSA) is 84.8 Å². The number of nitrogens with zero attached hydrogens (tertiary/aromatic N) is 1. The van der Waals surface area contributed by atoms with E-state index in [0.29, 0.717) is 16.9 Å². The van der Waals surface area contributed by atoms with Crippen LogP contribution in [0.25, 0.3) is 0 Å². The van der Waals surface area contributed by atoms with Gasteiger partial charge in [0.1, 0.15) is 5.76 Å². The van der Waals surface area contributed by atoms with Gasteiger partial charge in [0.15, 0.2) is 0 Å². The van der Waals surface area contributed by atoms with Crippen molar-refractivity contribution in [2.24, 2.45) is 0 Å². The van der Waals surface area contributed by atoms with Crippen LogP contribution in [0.4, 0.5) is 0 Å². The van der Waals surface area contributed by atoms with Crippen molar-refractivity contribution < 1.29 is 24.3 Å². The number of carbonyl (C=O) groups is 1. The van der Waals surface area contributed by atoms with E-state index in [9.17, 15) is 15.0 Å². The Bertz CT molecular complexity index is 480. The van der Waals surface area contributed by atoms with Crippen molar-refractivity contribution in [2.75, 3.05) is 0 Å². The van der Waals surface area contributed by atoms with Crippen LogP contribution >= 0.6 is 0 Å².